The molecule has 7 heteroatoms. The lowest BCUT2D eigenvalue weighted by molar-refractivity contribution is -0.384. The molecular formula is C11H12N2O5. The molecule has 1 fully saturated rings. The van der Waals surface area contributed by atoms with Gasteiger partial charge in [-0.3, -0.25) is 10.1 Å². The lowest BCUT2D eigenvalue weighted by Gasteiger charge is -2.26. The Labute approximate surface area is 103 Å². The van der Waals surface area contributed by atoms with Crippen LogP contribution in [0.5, 0.6) is 0 Å². The number of nitro benzene ring substituents is 1. The smallest absolute Gasteiger partial charge is 0.335 e. The highest BCUT2D eigenvalue weighted by atomic mass is 16.6. The highest BCUT2D eigenvalue weighted by molar-refractivity contribution is 5.90. The number of carboxylic acid groups (broad SMARTS) is 1. The van der Waals surface area contributed by atoms with Crippen LogP contribution in [-0.4, -0.2) is 35.3 Å². The zero-order chi connectivity index (χ0) is 13.1. The highest BCUT2D eigenvalue weighted by Gasteiger charge is 2.21. The van der Waals surface area contributed by atoms with Crippen molar-refractivity contribution in [3.05, 3.63) is 33.9 Å². The molecule has 0 spiro atoms. The van der Waals surface area contributed by atoms with Gasteiger partial charge in [-0.2, -0.15) is 0 Å². The molecule has 1 aromatic carbocycles. The molecule has 0 saturated carbocycles. The minimum atomic E-state index is -1.12. The molecule has 0 bridgehead atoms. The number of aromatic carboxylic acids is 1. The third-order valence-corrected chi connectivity index (χ3v) is 2.75. The number of anilines is 1. The molecule has 0 radical (unpaired) electrons. The fourth-order valence-electron chi connectivity index (χ4n) is 1.64. The van der Waals surface area contributed by atoms with Gasteiger partial charge in [-0.05, 0) is 18.6 Å². The molecule has 0 aliphatic carbocycles. The molecule has 7 nitrogen and oxygen atoms in total. The van der Waals surface area contributed by atoms with Gasteiger partial charge in [-0.15, -0.1) is 0 Å². The van der Waals surface area contributed by atoms with Crippen LogP contribution in [0.25, 0.3) is 0 Å². The summed E-state index contributed by atoms with van der Waals surface area (Å²) in [6.45, 7) is 1.13. The van der Waals surface area contributed by atoms with E-state index in [2.05, 4.69) is 5.32 Å². The third kappa shape index (κ3) is 2.57. The summed E-state index contributed by atoms with van der Waals surface area (Å²) in [5.74, 6) is -1.12. The number of nitro groups is 1. The first-order chi connectivity index (χ1) is 8.58. The number of hydrogen-bond donors (Lipinski definition) is 2. The Morgan fingerprint density at radius 2 is 2.33 bits per heavy atom. The summed E-state index contributed by atoms with van der Waals surface area (Å²) in [6, 6.07) is 3.66. The molecule has 0 unspecified atom stereocenters. The van der Waals surface area contributed by atoms with Crippen molar-refractivity contribution in [2.75, 3.05) is 18.5 Å². The molecule has 0 aromatic heterocycles. The zero-order valence-corrected chi connectivity index (χ0v) is 9.46. The van der Waals surface area contributed by atoms with Gasteiger partial charge < -0.3 is 15.2 Å². The fraction of sp³-hybridized carbons (Fsp3) is 0.364. The van der Waals surface area contributed by atoms with Crippen LogP contribution < -0.4 is 5.32 Å². The number of rotatable bonds is 5. The number of carboxylic acids is 1. The molecule has 1 aliphatic heterocycles. The number of ether oxygens (including phenoxy) is 1. The molecule has 1 aliphatic rings. The first-order valence-electron chi connectivity index (χ1n) is 5.45. The van der Waals surface area contributed by atoms with E-state index in [4.69, 9.17) is 9.84 Å². The molecule has 1 heterocycles. The van der Waals surface area contributed by atoms with Crippen molar-refractivity contribution in [3.8, 4) is 0 Å². The second-order valence-corrected chi connectivity index (χ2v) is 3.96. The summed E-state index contributed by atoms with van der Waals surface area (Å²) < 4.78 is 5.18. The minimum Gasteiger partial charge on any atom is -0.478 e. The average molecular weight is 252 g/mol. The molecule has 1 saturated heterocycles. The van der Waals surface area contributed by atoms with Gasteiger partial charge in [-0.25, -0.2) is 4.79 Å². The van der Waals surface area contributed by atoms with Gasteiger partial charge in [0.2, 0.25) is 0 Å². The van der Waals surface area contributed by atoms with E-state index >= 15 is 0 Å². The van der Waals surface area contributed by atoms with Crippen molar-refractivity contribution in [1.82, 2.24) is 0 Å². The van der Waals surface area contributed by atoms with Crippen molar-refractivity contribution in [2.45, 2.75) is 12.5 Å². The number of benzene rings is 1. The number of hydrogen-bond acceptors (Lipinski definition) is 5. The Morgan fingerprint density at radius 1 is 1.61 bits per heavy atom. The second-order valence-electron chi connectivity index (χ2n) is 3.96. The summed E-state index contributed by atoms with van der Waals surface area (Å²) >= 11 is 0. The van der Waals surface area contributed by atoms with Crippen LogP contribution in [0.3, 0.4) is 0 Å². The average Bonchev–Trinajstić information content (AvgIpc) is 2.26. The van der Waals surface area contributed by atoms with Crippen LogP contribution in [0, 0.1) is 10.1 Å². The Bertz CT molecular complexity index is 484. The van der Waals surface area contributed by atoms with Gasteiger partial charge in [-0.1, -0.05) is 0 Å². The molecule has 0 amide bonds. The van der Waals surface area contributed by atoms with Crippen molar-refractivity contribution < 1.29 is 19.6 Å². The molecule has 96 valence electrons. The largest absolute Gasteiger partial charge is 0.478 e. The summed E-state index contributed by atoms with van der Waals surface area (Å²) in [4.78, 5) is 21.1. The van der Waals surface area contributed by atoms with Crippen LogP contribution in [0.15, 0.2) is 18.2 Å². The normalized spacial score (nSPS) is 17.9. The first kappa shape index (κ1) is 12.3. The van der Waals surface area contributed by atoms with E-state index in [1.807, 2.05) is 0 Å². The second kappa shape index (κ2) is 5.01. The summed E-state index contributed by atoms with van der Waals surface area (Å²) in [5, 5.41) is 22.5. The quantitative estimate of drug-likeness (QED) is 0.608. The predicted octanol–water partition coefficient (Wildman–Crippen LogP) is 1.49. The van der Waals surface area contributed by atoms with Crippen molar-refractivity contribution in [2.24, 2.45) is 0 Å². The Balaban J connectivity index is 2.19. The molecule has 2 rings (SSSR count). The lowest BCUT2D eigenvalue weighted by atomic mass is 10.1. The standard InChI is InChI=1S/C11H12N2O5/c14-11(15)7-1-2-10(13(16)17)9(5-7)12-6-8-3-4-18-8/h1-2,5,8,12H,3-4,6H2,(H,14,15)/t8-/m0/s1. The predicted molar refractivity (Wildman–Crippen MR) is 62.9 cm³/mol. The van der Waals surface area contributed by atoms with Crippen LogP contribution in [0.1, 0.15) is 16.8 Å². The topological polar surface area (TPSA) is 102 Å². The van der Waals surface area contributed by atoms with E-state index in [0.717, 1.165) is 6.42 Å². The Kier molecular flexibility index (Phi) is 3.42. The summed E-state index contributed by atoms with van der Waals surface area (Å²) in [6.07, 6.45) is 0.942. The first-order valence-corrected chi connectivity index (χ1v) is 5.45. The third-order valence-electron chi connectivity index (χ3n) is 2.75. The van der Waals surface area contributed by atoms with Crippen molar-refractivity contribution in [1.29, 1.82) is 0 Å². The number of nitrogens with one attached hydrogen (secondary N) is 1. The highest BCUT2D eigenvalue weighted by Crippen LogP contribution is 2.26. The molecular weight excluding hydrogens is 240 g/mol. The van der Waals surface area contributed by atoms with Gasteiger partial charge in [0.05, 0.1) is 16.6 Å². The van der Waals surface area contributed by atoms with Crippen molar-refractivity contribution >= 4 is 17.3 Å². The van der Waals surface area contributed by atoms with Crippen LogP contribution in [0.2, 0.25) is 0 Å². The van der Waals surface area contributed by atoms with Crippen LogP contribution in [-0.2, 0) is 4.74 Å². The van der Waals surface area contributed by atoms with Crippen LogP contribution >= 0.6 is 0 Å². The van der Waals surface area contributed by atoms with E-state index < -0.39 is 10.9 Å². The summed E-state index contributed by atoms with van der Waals surface area (Å²) in [5.41, 5.74) is 0.0763. The SMILES string of the molecule is O=C(O)c1ccc([N+](=O)[O-])c(NC[C@@H]2CCO2)c1. The van der Waals surface area contributed by atoms with Gasteiger partial charge in [0.15, 0.2) is 0 Å². The van der Waals surface area contributed by atoms with Gasteiger partial charge in [0.25, 0.3) is 5.69 Å². The maximum absolute atomic E-state index is 10.8. The van der Waals surface area contributed by atoms with E-state index in [1.54, 1.807) is 0 Å². The molecule has 18 heavy (non-hydrogen) atoms. The zero-order valence-electron chi connectivity index (χ0n) is 9.46. The minimum absolute atomic E-state index is 0.0117. The van der Waals surface area contributed by atoms with Gasteiger partial charge in [0.1, 0.15) is 5.69 Å². The molecule has 1 aromatic rings. The van der Waals surface area contributed by atoms with E-state index in [9.17, 15) is 14.9 Å². The van der Waals surface area contributed by atoms with Crippen LogP contribution in [0.4, 0.5) is 11.4 Å². The molecule has 2 N–H and O–H groups in total. The maximum Gasteiger partial charge on any atom is 0.335 e. The fourth-order valence-corrected chi connectivity index (χ4v) is 1.64. The van der Waals surface area contributed by atoms with E-state index in [0.29, 0.717) is 13.2 Å². The lowest BCUT2D eigenvalue weighted by Crippen LogP contribution is -2.33. The monoisotopic (exact) mass is 252 g/mol. The van der Waals surface area contributed by atoms with Crippen molar-refractivity contribution in [3.63, 3.8) is 0 Å². The Morgan fingerprint density at radius 3 is 2.83 bits per heavy atom. The van der Waals surface area contributed by atoms with E-state index in [-0.39, 0.29) is 23.0 Å². The molecule has 1 atom stereocenters. The summed E-state index contributed by atoms with van der Waals surface area (Å²) in [7, 11) is 0. The van der Waals surface area contributed by atoms with Gasteiger partial charge in [0, 0.05) is 19.2 Å². The van der Waals surface area contributed by atoms with Gasteiger partial charge >= 0.3 is 5.97 Å². The van der Waals surface area contributed by atoms with E-state index in [1.165, 1.54) is 18.2 Å². The Hall–Kier alpha value is -2.15. The maximum atomic E-state index is 10.8. The number of carbonyl (C=O) groups is 1. The number of nitrogens with zero attached hydrogens (tertiary/aromatic N) is 1.